The largest absolute Gasteiger partial charge is 0.345 e. The number of H-pyrrole nitrogens is 1. The molecule has 33 heavy (non-hydrogen) atoms. The van der Waals surface area contributed by atoms with E-state index in [-0.39, 0.29) is 17.7 Å². The van der Waals surface area contributed by atoms with Crippen LogP contribution in [0.15, 0.2) is 54.9 Å². The number of aromatic amines is 1. The fourth-order valence-corrected chi connectivity index (χ4v) is 4.81. The monoisotopic (exact) mass is 469 g/mol. The first-order valence-corrected chi connectivity index (χ1v) is 11.9. The summed E-state index contributed by atoms with van der Waals surface area (Å²) in [5, 5.41) is 0.470. The standard InChI is InChI=1S/C24H21F2N3O3S/c1-3-10-33(31,32)29-22-20(25)9-8-17(21(22)26)23(30)19-13-28-24-18(19)11-15(12-27-24)16-7-5-4-6-14(16)2/h4-9,11-13,29H,3,10H2,1-2H3,(H,27,28). The van der Waals surface area contributed by atoms with Gasteiger partial charge in [0.1, 0.15) is 17.2 Å². The van der Waals surface area contributed by atoms with E-state index in [1.807, 2.05) is 35.9 Å². The maximum atomic E-state index is 15.1. The third-order valence-corrected chi connectivity index (χ3v) is 6.76. The lowest BCUT2D eigenvalue weighted by Crippen LogP contribution is -2.19. The molecule has 0 aliphatic rings. The van der Waals surface area contributed by atoms with Crippen molar-refractivity contribution >= 4 is 32.5 Å². The molecule has 4 rings (SSSR count). The van der Waals surface area contributed by atoms with E-state index >= 15 is 4.39 Å². The number of sulfonamides is 1. The molecular formula is C24H21F2N3O3S. The number of nitrogens with one attached hydrogen (secondary N) is 2. The number of hydrogen-bond donors (Lipinski definition) is 2. The molecule has 0 bridgehead atoms. The highest BCUT2D eigenvalue weighted by Crippen LogP contribution is 2.30. The van der Waals surface area contributed by atoms with Crippen LogP contribution in [0.25, 0.3) is 22.2 Å². The zero-order chi connectivity index (χ0) is 23.8. The molecule has 0 saturated heterocycles. The summed E-state index contributed by atoms with van der Waals surface area (Å²) in [6, 6.07) is 11.3. The fraction of sp³-hybridized carbons (Fsp3) is 0.167. The van der Waals surface area contributed by atoms with Gasteiger partial charge in [-0.15, -0.1) is 0 Å². The van der Waals surface area contributed by atoms with Crippen molar-refractivity contribution in [3.8, 4) is 11.1 Å². The number of aromatic nitrogens is 2. The Bertz CT molecular complexity index is 1480. The van der Waals surface area contributed by atoms with Crippen LogP contribution < -0.4 is 4.72 Å². The Hall–Kier alpha value is -3.59. The van der Waals surface area contributed by atoms with Crippen LogP contribution in [0.3, 0.4) is 0 Å². The van der Waals surface area contributed by atoms with Crippen LogP contribution >= 0.6 is 0 Å². The summed E-state index contributed by atoms with van der Waals surface area (Å²) >= 11 is 0. The zero-order valence-corrected chi connectivity index (χ0v) is 18.8. The van der Waals surface area contributed by atoms with Crippen molar-refractivity contribution in [2.45, 2.75) is 20.3 Å². The summed E-state index contributed by atoms with van der Waals surface area (Å²) in [5.74, 6) is -3.40. The molecule has 0 aliphatic carbocycles. The third kappa shape index (κ3) is 4.36. The minimum Gasteiger partial charge on any atom is -0.345 e. The van der Waals surface area contributed by atoms with Crippen molar-refractivity contribution in [2.24, 2.45) is 0 Å². The molecule has 2 N–H and O–H groups in total. The average molecular weight is 470 g/mol. The Morgan fingerprint density at radius 2 is 1.88 bits per heavy atom. The number of fused-ring (bicyclic) bond motifs is 1. The van der Waals surface area contributed by atoms with Gasteiger partial charge in [0.25, 0.3) is 0 Å². The second kappa shape index (κ2) is 8.74. The smallest absolute Gasteiger partial charge is 0.232 e. The number of carbonyl (C=O) groups is 1. The number of nitrogens with zero attached hydrogens (tertiary/aromatic N) is 1. The van der Waals surface area contributed by atoms with Gasteiger partial charge in [-0.05, 0) is 42.7 Å². The number of benzene rings is 2. The topological polar surface area (TPSA) is 91.9 Å². The van der Waals surface area contributed by atoms with E-state index in [0.29, 0.717) is 11.0 Å². The van der Waals surface area contributed by atoms with Crippen LogP contribution in [0.2, 0.25) is 0 Å². The molecule has 0 atom stereocenters. The van der Waals surface area contributed by atoms with Crippen LogP contribution in [0.4, 0.5) is 14.5 Å². The molecule has 6 nitrogen and oxygen atoms in total. The van der Waals surface area contributed by atoms with Gasteiger partial charge in [0.15, 0.2) is 11.6 Å². The zero-order valence-electron chi connectivity index (χ0n) is 17.9. The molecule has 9 heteroatoms. The highest BCUT2D eigenvalue weighted by atomic mass is 32.2. The minimum atomic E-state index is -3.96. The molecule has 0 fully saturated rings. The number of anilines is 1. The highest BCUT2D eigenvalue weighted by molar-refractivity contribution is 7.92. The van der Waals surface area contributed by atoms with Crippen molar-refractivity contribution in [3.05, 3.63) is 83.2 Å². The maximum Gasteiger partial charge on any atom is 0.232 e. The van der Waals surface area contributed by atoms with Crippen LogP contribution in [0.5, 0.6) is 0 Å². The summed E-state index contributed by atoms with van der Waals surface area (Å²) < 4.78 is 55.4. The Balaban J connectivity index is 1.79. The average Bonchev–Trinajstić information content (AvgIpc) is 3.20. The summed E-state index contributed by atoms with van der Waals surface area (Å²) in [5.41, 5.74) is 1.99. The molecule has 2 aromatic carbocycles. The van der Waals surface area contributed by atoms with Gasteiger partial charge in [0, 0.05) is 28.9 Å². The Morgan fingerprint density at radius 3 is 2.61 bits per heavy atom. The normalized spacial score (nSPS) is 11.6. The number of hydrogen-bond acceptors (Lipinski definition) is 4. The van der Waals surface area contributed by atoms with E-state index in [1.165, 1.54) is 6.20 Å². The van der Waals surface area contributed by atoms with Gasteiger partial charge < -0.3 is 4.98 Å². The number of aryl methyl sites for hydroxylation is 1. The molecule has 0 spiro atoms. The summed E-state index contributed by atoms with van der Waals surface area (Å²) in [4.78, 5) is 20.5. The van der Waals surface area contributed by atoms with E-state index in [0.717, 1.165) is 28.8 Å². The van der Waals surface area contributed by atoms with Crippen LogP contribution in [0.1, 0.15) is 34.8 Å². The molecule has 0 amide bonds. The summed E-state index contributed by atoms with van der Waals surface area (Å²) in [6.45, 7) is 3.58. The van der Waals surface area contributed by atoms with Gasteiger partial charge in [-0.1, -0.05) is 31.2 Å². The van der Waals surface area contributed by atoms with Crippen molar-refractivity contribution in [1.29, 1.82) is 0 Å². The highest BCUT2D eigenvalue weighted by Gasteiger charge is 2.25. The first kappa shape index (κ1) is 22.6. The van der Waals surface area contributed by atoms with Crippen LogP contribution in [-0.2, 0) is 10.0 Å². The quantitative estimate of drug-likeness (QED) is 0.364. The first-order chi connectivity index (χ1) is 15.7. The van der Waals surface area contributed by atoms with Gasteiger partial charge in [0.05, 0.1) is 11.3 Å². The molecule has 4 aromatic rings. The number of rotatable bonds is 7. The van der Waals surface area contributed by atoms with Gasteiger partial charge in [-0.3, -0.25) is 9.52 Å². The Kier molecular flexibility index (Phi) is 5.99. The lowest BCUT2D eigenvalue weighted by atomic mass is 9.98. The minimum absolute atomic E-state index is 0.140. The molecule has 0 unspecified atom stereocenters. The van der Waals surface area contributed by atoms with Crippen molar-refractivity contribution in [1.82, 2.24) is 9.97 Å². The molecule has 170 valence electrons. The van der Waals surface area contributed by atoms with E-state index < -0.39 is 38.7 Å². The molecule has 0 aliphatic heterocycles. The van der Waals surface area contributed by atoms with Crippen LogP contribution in [0, 0.1) is 18.6 Å². The number of halogens is 2. The SMILES string of the molecule is CCCS(=O)(=O)Nc1c(F)ccc(C(=O)c2c[nH]c3ncc(-c4ccccc4C)cc23)c1F. The Morgan fingerprint density at radius 1 is 1.12 bits per heavy atom. The van der Waals surface area contributed by atoms with Gasteiger partial charge in [0.2, 0.25) is 10.0 Å². The van der Waals surface area contributed by atoms with E-state index in [4.69, 9.17) is 0 Å². The van der Waals surface area contributed by atoms with Gasteiger partial charge in [-0.25, -0.2) is 22.2 Å². The molecule has 2 heterocycles. The summed E-state index contributed by atoms with van der Waals surface area (Å²) in [7, 11) is -3.96. The van der Waals surface area contributed by atoms with Gasteiger partial charge in [-0.2, -0.15) is 0 Å². The Labute approximate surface area is 189 Å². The van der Waals surface area contributed by atoms with Gasteiger partial charge >= 0.3 is 0 Å². The molecular weight excluding hydrogens is 448 g/mol. The van der Waals surface area contributed by atoms with Crippen molar-refractivity contribution < 1.29 is 22.0 Å². The van der Waals surface area contributed by atoms with E-state index in [2.05, 4.69) is 9.97 Å². The molecule has 0 saturated carbocycles. The number of pyridine rings is 1. The van der Waals surface area contributed by atoms with E-state index in [9.17, 15) is 17.6 Å². The second-order valence-corrected chi connectivity index (χ2v) is 9.51. The summed E-state index contributed by atoms with van der Waals surface area (Å²) in [6.07, 6.45) is 3.35. The molecule has 2 aromatic heterocycles. The van der Waals surface area contributed by atoms with Crippen molar-refractivity contribution in [3.63, 3.8) is 0 Å². The lowest BCUT2D eigenvalue weighted by Gasteiger charge is -2.12. The predicted octanol–water partition coefficient (Wildman–Crippen LogP) is 5.20. The third-order valence-electron chi connectivity index (χ3n) is 5.30. The van der Waals surface area contributed by atoms with Crippen LogP contribution in [-0.4, -0.2) is 29.9 Å². The number of ketones is 1. The number of carbonyl (C=O) groups excluding carboxylic acids is 1. The predicted molar refractivity (Wildman–Crippen MR) is 124 cm³/mol. The second-order valence-electron chi connectivity index (χ2n) is 7.67. The molecule has 0 radical (unpaired) electrons. The maximum absolute atomic E-state index is 15.1. The fourth-order valence-electron chi connectivity index (χ4n) is 3.68. The lowest BCUT2D eigenvalue weighted by molar-refractivity contribution is 0.103. The van der Waals surface area contributed by atoms with Crippen molar-refractivity contribution in [2.75, 3.05) is 10.5 Å². The van der Waals surface area contributed by atoms with E-state index in [1.54, 1.807) is 19.2 Å². The first-order valence-electron chi connectivity index (χ1n) is 10.3.